The van der Waals surface area contributed by atoms with Crippen LogP contribution in [0.15, 0.2) is 23.1 Å². The summed E-state index contributed by atoms with van der Waals surface area (Å²) in [6.45, 7) is 1.91. The number of carboxylic acids is 1. The highest BCUT2D eigenvalue weighted by Gasteiger charge is 2.24. The summed E-state index contributed by atoms with van der Waals surface area (Å²) in [4.78, 5) is 16.8. The molecule has 2 aromatic rings. The lowest BCUT2D eigenvalue weighted by molar-refractivity contribution is 0.0689. The SMILES string of the molecule is O=C(O)c1ncn2c1CN(c1ccno1)CC2. The number of carbonyl (C=O) groups is 1. The van der Waals surface area contributed by atoms with E-state index in [9.17, 15) is 4.79 Å². The lowest BCUT2D eigenvalue weighted by atomic mass is 10.2. The van der Waals surface area contributed by atoms with E-state index in [0.717, 1.165) is 6.54 Å². The molecule has 0 aliphatic carbocycles. The third-order valence-electron chi connectivity index (χ3n) is 2.84. The molecule has 7 nitrogen and oxygen atoms in total. The summed E-state index contributed by atoms with van der Waals surface area (Å²) in [6, 6.07) is 1.76. The van der Waals surface area contributed by atoms with E-state index in [1.54, 1.807) is 18.6 Å². The Morgan fingerprint density at radius 2 is 2.35 bits per heavy atom. The van der Waals surface area contributed by atoms with Gasteiger partial charge in [0.1, 0.15) is 0 Å². The molecule has 0 saturated heterocycles. The predicted octanol–water partition coefficient (Wildman–Crippen LogP) is 0.589. The minimum Gasteiger partial charge on any atom is -0.476 e. The van der Waals surface area contributed by atoms with Gasteiger partial charge in [0, 0.05) is 19.2 Å². The van der Waals surface area contributed by atoms with E-state index in [2.05, 4.69) is 10.1 Å². The maximum atomic E-state index is 11.0. The third kappa shape index (κ3) is 1.55. The topological polar surface area (TPSA) is 84.4 Å². The second kappa shape index (κ2) is 3.62. The van der Waals surface area contributed by atoms with E-state index in [0.29, 0.717) is 24.7 Å². The molecule has 17 heavy (non-hydrogen) atoms. The van der Waals surface area contributed by atoms with Crippen LogP contribution < -0.4 is 4.90 Å². The van der Waals surface area contributed by atoms with Crippen LogP contribution in [-0.2, 0) is 13.1 Å². The van der Waals surface area contributed by atoms with Crippen LogP contribution in [0.3, 0.4) is 0 Å². The van der Waals surface area contributed by atoms with Gasteiger partial charge in [0.05, 0.1) is 24.8 Å². The Bertz CT molecular complexity index is 546. The highest BCUT2D eigenvalue weighted by Crippen LogP contribution is 2.22. The van der Waals surface area contributed by atoms with Crippen molar-refractivity contribution in [2.24, 2.45) is 0 Å². The number of hydrogen-bond donors (Lipinski definition) is 1. The number of imidazole rings is 1. The number of fused-ring (bicyclic) bond motifs is 1. The molecule has 0 unspecified atom stereocenters. The fraction of sp³-hybridized carbons (Fsp3) is 0.300. The van der Waals surface area contributed by atoms with E-state index in [4.69, 9.17) is 9.63 Å². The van der Waals surface area contributed by atoms with Gasteiger partial charge in [-0.2, -0.15) is 0 Å². The fourth-order valence-electron chi connectivity index (χ4n) is 1.99. The van der Waals surface area contributed by atoms with Gasteiger partial charge in [-0.05, 0) is 0 Å². The van der Waals surface area contributed by atoms with E-state index < -0.39 is 5.97 Å². The second-order valence-corrected chi connectivity index (χ2v) is 3.81. The maximum Gasteiger partial charge on any atom is 0.356 e. The summed E-state index contributed by atoms with van der Waals surface area (Å²) in [5, 5.41) is 12.7. The molecule has 1 N–H and O–H groups in total. The number of nitrogens with zero attached hydrogens (tertiary/aromatic N) is 4. The Labute approximate surface area is 96.3 Å². The quantitative estimate of drug-likeness (QED) is 0.818. The van der Waals surface area contributed by atoms with Gasteiger partial charge in [0.15, 0.2) is 5.69 Å². The summed E-state index contributed by atoms with van der Waals surface area (Å²) in [5.41, 5.74) is 0.800. The molecule has 1 aliphatic rings. The number of rotatable bonds is 2. The van der Waals surface area contributed by atoms with Gasteiger partial charge in [-0.3, -0.25) is 0 Å². The normalized spacial score (nSPS) is 14.7. The standard InChI is InChI=1S/C10H10N4O3/c15-10(16)9-7-5-13(8-1-2-12-17-8)3-4-14(7)6-11-9/h1-2,6H,3-5H2,(H,15,16). The molecule has 3 heterocycles. The van der Waals surface area contributed by atoms with Crippen molar-refractivity contribution in [1.82, 2.24) is 14.7 Å². The Morgan fingerprint density at radius 3 is 3.06 bits per heavy atom. The molecule has 0 spiro atoms. The van der Waals surface area contributed by atoms with Crippen LogP contribution in [0.25, 0.3) is 0 Å². The summed E-state index contributed by atoms with van der Waals surface area (Å²) in [7, 11) is 0. The molecular weight excluding hydrogens is 224 g/mol. The fourth-order valence-corrected chi connectivity index (χ4v) is 1.99. The van der Waals surface area contributed by atoms with Crippen LogP contribution in [0.1, 0.15) is 16.2 Å². The van der Waals surface area contributed by atoms with Gasteiger partial charge >= 0.3 is 5.97 Å². The van der Waals surface area contributed by atoms with Gasteiger partial charge in [0.2, 0.25) is 5.88 Å². The predicted molar refractivity (Wildman–Crippen MR) is 56.7 cm³/mol. The minimum atomic E-state index is -1.00. The third-order valence-corrected chi connectivity index (χ3v) is 2.84. The number of aromatic carboxylic acids is 1. The van der Waals surface area contributed by atoms with E-state index >= 15 is 0 Å². The molecule has 0 atom stereocenters. The number of anilines is 1. The summed E-state index contributed by atoms with van der Waals surface area (Å²) in [6.07, 6.45) is 3.13. The molecule has 1 aliphatic heterocycles. The van der Waals surface area contributed by atoms with Crippen LogP contribution in [0.2, 0.25) is 0 Å². The van der Waals surface area contributed by atoms with Crippen molar-refractivity contribution in [3.05, 3.63) is 30.0 Å². The average molecular weight is 234 g/mol. The van der Waals surface area contributed by atoms with Crippen molar-refractivity contribution < 1.29 is 14.4 Å². The largest absolute Gasteiger partial charge is 0.476 e. The Balaban J connectivity index is 1.94. The zero-order valence-electron chi connectivity index (χ0n) is 8.91. The Morgan fingerprint density at radius 1 is 1.47 bits per heavy atom. The van der Waals surface area contributed by atoms with E-state index in [1.807, 2.05) is 9.47 Å². The van der Waals surface area contributed by atoms with E-state index in [-0.39, 0.29) is 5.69 Å². The molecule has 0 radical (unpaired) electrons. The van der Waals surface area contributed by atoms with Crippen molar-refractivity contribution in [3.8, 4) is 0 Å². The molecule has 88 valence electrons. The van der Waals surface area contributed by atoms with Crippen LogP contribution in [0.4, 0.5) is 5.88 Å². The van der Waals surface area contributed by atoms with Crippen molar-refractivity contribution in [3.63, 3.8) is 0 Å². The van der Waals surface area contributed by atoms with Gasteiger partial charge in [0.25, 0.3) is 0 Å². The van der Waals surface area contributed by atoms with Crippen LogP contribution in [0.5, 0.6) is 0 Å². The number of aromatic nitrogens is 3. The van der Waals surface area contributed by atoms with Gasteiger partial charge in [-0.1, -0.05) is 5.16 Å². The molecule has 0 amide bonds. The van der Waals surface area contributed by atoms with Crippen LogP contribution >= 0.6 is 0 Å². The lowest BCUT2D eigenvalue weighted by Gasteiger charge is -2.27. The van der Waals surface area contributed by atoms with Crippen molar-refractivity contribution in [1.29, 1.82) is 0 Å². The molecule has 3 rings (SSSR count). The molecule has 0 bridgehead atoms. The highest BCUT2D eigenvalue weighted by molar-refractivity contribution is 5.86. The maximum absolute atomic E-state index is 11.0. The molecule has 7 heteroatoms. The monoisotopic (exact) mass is 234 g/mol. The zero-order chi connectivity index (χ0) is 11.8. The van der Waals surface area contributed by atoms with Gasteiger partial charge < -0.3 is 19.1 Å². The highest BCUT2D eigenvalue weighted by atomic mass is 16.5. The zero-order valence-corrected chi connectivity index (χ0v) is 8.91. The summed E-state index contributed by atoms with van der Waals surface area (Å²) in [5.74, 6) is -0.355. The molecule has 0 saturated carbocycles. The Kier molecular flexibility index (Phi) is 2.10. The number of carboxylic acid groups (broad SMARTS) is 1. The first kappa shape index (κ1) is 9.88. The van der Waals surface area contributed by atoms with Crippen LogP contribution in [-0.4, -0.2) is 32.3 Å². The first-order chi connectivity index (χ1) is 8.25. The number of hydrogen-bond acceptors (Lipinski definition) is 5. The van der Waals surface area contributed by atoms with Crippen LogP contribution in [0, 0.1) is 0 Å². The lowest BCUT2D eigenvalue weighted by Crippen LogP contribution is -2.33. The van der Waals surface area contributed by atoms with Gasteiger partial charge in [-0.25, -0.2) is 9.78 Å². The molecule has 0 aromatic carbocycles. The second-order valence-electron chi connectivity index (χ2n) is 3.81. The molecule has 0 fully saturated rings. The molecular formula is C10H10N4O3. The van der Waals surface area contributed by atoms with Crippen molar-refractivity contribution in [2.45, 2.75) is 13.1 Å². The van der Waals surface area contributed by atoms with Crippen molar-refractivity contribution >= 4 is 11.9 Å². The Hall–Kier alpha value is -2.31. The smallest absolute Gasteiger partial charge is 0.356 e. The first-order valence-electron chi connectivity index (χ1n) is 5.18. The first-order valence-corrected chi connectivity index (χ1v) is 5.18. The minimum absolute atomic E-state index is 0.106. The molecule has 2 aromatic heterocycles. The average Bonchev–Trinajstić information content (AvgIpc) is 2.97. The van der Waals surface area contributed by atoms with Crippen molar-refractivity contribution in [2.75, 3.05) is 11.4 Å². The van der Waals surface area contributed by atoms with E-state index in [1.165, 1.54) is 0 Å². The summed E-state index contributed by atoms with van der Waals surface area (Å²) >= 11 is 0. The summed E-state index contributed by atoms with van der Waals surface area (Å²) < 4.78 is 6.92. The van der Waals surface area contributed by atoms with Gasteiger partial charge in [-0.15, -0.1) is 0 Å².